The maximum atomic E-state index is 14.9. The highest BCUT2D eigenvalue weighted by molar-refractivity contribution is 5.84. The number of aromatic nitrogens is 2. The van der Waals surface area contributed by atoms with Crippen LogP contribution >= 0.6 is 0 Å². The molecule has 2 saturated heterocycles. The predicted molar refractivity (Wildman–Crippen MR) is 151 cm³/mol. The molecular weight excluding hydrogens is 525 g/mol. The zero-order chi connectivity index (χ0) is 28.6. The minimum Gasteiger partial charge on any atom is -0.478 e. The van der Waals surface area contributed by atoms with E-state index in [0.29, 0.717) is 30.2 Å². The fraction of sp³-hybridized carbons (Fsp3) is 0.438. The van der Waals surface area contributed by atoms with E-state index in [1.165, 1.54) is 6.07 Å². The van der Waals surface area contributed by atoms with Crippen LogP contribution in [0.3, 0.4) is 0 Å². The summed E-state index contributed by atoms with van der Waals surface area (Å²) in [6.45, 7) is 7.50. The smallest absolute Gasteiger partial charge is 0.328 e. The summed E-state index contributed by atoms with van der Waals surface area (Å²) in [5, 5.41) is 9.12. The van der Waals surface area contributed by atoms with E-state index in [1.54, 1.807) is 25.3 Å². The summed E-state index contributed by atoms with van der Waals surface area (Å²) < 4.78 is 35.4. The number of benzene rings is 2. The highest BCUT2D eigenvalue weighted by Crippen LogP contribution is 2.49. The van der Waals surface area contributed by atoms with E-state index in [0.717, 1.165) is 74.1 Å². The molecule has 3 aromatic rings. The van der Waals surface area contributed by atoms with Gasteiger partial charge >= 0.3 is 5.97 Å². The highest BCUT2D eigenvalue weighted by Gasteiger charge is 2.42. The Morgan fingerprint density at radius 1 is 1.20 bits per heavy atom. The van der Waals surface area contributed by atoms with Gasteiger partial charge in [0.2, 0.25) is 0 Å². The van der Waals surface area contributed by atoms with Crippen molar-refractivity contribution in [3.05, 3.63) is 82.7 Å². The molecule has 0 amide bonds. The molecule has 0 bridgehead atoms. The third-order valence-electron chi connectivity index (χ3n) is 8.39. The van der Waals surface area contributed by atoms with Crippen molar-refractivity contribution in [3.8, 4) is 11.5 Å². The van der Waals surface area contributed by atoms with Crippen LogP contribution in [0.5, 0.6) is 11.5 Å². The van der Waals surface area contributed by atoms with Gasteiger partial charge in [-0.2, -0.15) is 0 Å². The molecule has 0 aliphatic carbocycles. The van der Waals surface area contributed by atoms with Crippen molar-refractivity contribution in [2.45, 2.75) is 70.4 Å². The lowest BCUT2D eigenvalue weighted by Crippen LogP contribution is -2.34. The molecule has 216 valence electrons. The van der Waals surface area contributed by atoms with E-state index < -0.39 is 11.8 Å². The van der Waals surface area contributed by atoms with Crippen LogP contribution in [0.4, 0.5) is 4.39 Å². The first-order valence-electron chi connectivity index (χ1n) is 14.4. The van der Waals surface area contributed by atoms with Gasteiger partial charge in [0.05, 0.1) is 36.6 Å². The number of nitrogens with zero attached hydrogens (tertiary/aromatic N) is 3. The molecule has 1 aromatic heterocycles. The number of rotatable bonds is 8. The van der Waals surface area contributed by atoms with Crippen molar-refractivity contribution >= 4 is 12.0 Å². The van der Waals surface area contributed by atoms with E-state index >= 15 is 0 Å². The molecule has 2 aromatic carbocycles. The number of hydrogen-bond donors (Lipinski definition) is 1. The van der Waals surface area contributed by atoms with Crippen LogP contribution in [0.15, 0.2) is 48.7 Å². The zero-order valence-electron chi connectivity index (χ0n) is 23.5. The van der Waals surface area contributed by atoms with E-state index in [9.17, 15) is 9.18 Å². The fourth-order valence-electron chi connectivity index (χ4n) is 6.22. The van der Waals surface area contributed by atoms with Crippen LogP contribution in [0.25, 0.3) is 6.08 Å². The Morgan fingerprint density at radius 2 is 2.02 bits per heavy atom. The molecular formula is C32H36FN3O5. The quantitative estimate of drug-likeness (QED) is 0.357. The maximum Gasteiger partial charge on any atom is 0.328 e. The number of carboxylic acids is 1. The van der Waals surface area contributed by atoms with E-state index in [2.05, 4.69) is 20.5 Å². The number of para-hydroxylation sites is 1. The summed E-state index contributed by atoms with van der Waals surface area (Å²) in [5.74, 6) is 0.0112. The van der Waals surface area contributed by atoms with Crippen molar-refractivity contribution in [2.75, 3.05) is 19.7 Å². The first-order valence-corrected chi connectivity index (χ1v) is 14.4. The molecule has 4 heterocycles. The van der Waals surface area contributed by atoms with Crippen molar-refractivity contribution in [3.63, 3.8) is 0 Å². The summed E-state index contributed by atoms with van der Waals surface area (Å²) >= 11 is 0. The van der Waals surface area contributed by atoms with Crippen LogP contribution in [0.1, 0.15) is 66.7 Å². The second-order valence-corrected chi connectivity index (χ2v) is 11.4. The molecule has 0 radical (unpaired) electrons. The lowest BCUT2D eigenvalue weighted by molar-refractivity contribution is -0.131. The Hall–Kier alpha value is -3.69. The topological polar surface area (TPSA) is 86.1 Å². The molecule has 8 nitrogen and oxygen atoms in total. The molecule has 2 fully saturated rings. The number of fused-ring (bicyclic) bond motifs is 1. The minimum absolute atomic E-state index is 0.118. The molecule has 0 saturated carbocycles. The molecule has 1 unspecified atom stereocenters. The van der Waals surface area contributed by atoms with Gasteiger partial charge in [-0.15, -0.1) is 0 Å². The summed E-state index contributed by atoms with van der Waals surface area (Å²) in [6.07, 6.45) is 8.53. The maximum absolute atomic E-state index is 14.9. The molecule has 0 spiro atoms. The standard InChI is InChI=1S/C32H36FN3O5/c1-21-8-10-26(27(33)17-21)32(2)40-28-7-3-6-25(31(28)41-32)22-12-14-35(15-13-22)20-29-34-18-23(9-11-30(37)38)36(29)19-24-5-4-16-39-24/h3,6-11,17-18,22,24H,4-5,12-16,19-20H2,1-2H3,(H,37,38)/b11-9+/t24-,32?/m1/s1. The number of halogens is 1. The number of piperidine rings is 1. The number of aliphatic carboxylic acids is 1. The van der Waals surface area contributed by atoms with Gasteiger partial charge in [0.25, 0.3) is 5.79 Å². The minimum atomic E-state index is -1.22. The van der Waals surface area contributed by atoms with Crippen molar-refractivity contribution in [2.24, 2.45) is 0 Å². The molecule has 9 heteroatoms. The normalized spacial score (nSPS) is 23.0. The summed E-state index contributed by atoms with van der Waals surface area (Å²) in [5.41, 5.74) is 3.11. The van der Waals surface area contributed by atoms with Gasteiger partial charge in [-0.05, 0) is 81.5 Å². The number of carbonyl (C=O) groups is 1. The first-order chi connectivity index (χ1) is 19.8. The Balaban J connectivity index is 1.14. The largest absolute Gasteiger partial charge is 0.478 e. The Morgan fingerprint density at radius 3 is 2.76 bits per heavy atom. The Labute approximate surface area is 239 Å². The number of aryl methyl sites for hydroxylation is 1. The van der Waals surface area contributed by atoms with E-state index in [-0.39, 0.29) is 17.8 Å². The second kappa shape index (κ2) is 11.3. The Kier molecular flexibility index (Phi) is 7.57. The Bertz CT molecular complexity index is 1460. The molecule has 3 aliphatic rings. The highest BCUT2D eigenvalue weighted by atomic mass is 19.1. The van der Waals surface area contributed by atoms with Crippen LogP contribution in [-0.2, 0) is 28.4 Å². The first kappa shape index (κ1) is 27.5. The number of hydrogen-bond acceptors (Lipinski definition) is 6. The lowest BCUT2D eigenvalue weighted by Gasteiger charge is -2.32. The van der Waals surface area contributed by atoms with Crippen molar-refractivity contribution < 1.29 is 28.5 Å². The molecule has 1 N–H and O–H groups in total. The number of ether oxygens (including phenoxy) is 3. The molecule has 2 atom stereocenters. The zero-order valence-corrected chi connectivity index (χ0v) is 23.5. The van der Waals surface area contributed by atoms with E-state index in [1.807, 2.05) is 25.1 Å². The number of imidazole rings is 1. The number of carboxylic acid groups (broad SMARTS) is 1. The van der Waals surface area contributed by atoms with E-state index in [4.69, 9.17) is 19.3 Å². The average Bonchev–Trinajstić information content (AvgIpc) is 3.67. The summed E-state index contributed by atoms with van der Waals surface area (Å²) in [7, 11) is 0. The fourth-order valence-corrected chi connectivity index (χ4v) is 6.22. The van der Waals surface area contributed by atoms with Gasteiger partial charge in [-0.1, -0.05) is 18.2 Å². The van der Waals surface area contributed by atoms with Gasteiger partial charge in [0.15, 0.2) is 11.5 Å². The molecule has 6 rings (SSSR count). The van der Waals surface area contributed by atoms with Gasteiger partial charge < -0.3 is 23.9 Å². The molecule has 41 heavy (non-hydrogen) atoms. The van der Waals surface area contributed by atoms with Gasteiger partial charge in [0.1, 0.15) is 11.6 Å². The van der Waals surface area contributed by atoms with Gasteiger partial charge in [-0.25, -0.2) is 14.2 Å². The van der Waals surface area contributed by atoms with Gasteiger partial charge in [0, 0.05) is 25.2 Å². The van der Waals surface area contributed by atoms with Crippen LogP contribution < -0.4 is 9.47 Å². The van der Waals surface area contributed by atoms with Crippen molar-refractivity contribution in [1.29, 1.82) is 0 Å². The summed E-state index contributed by atoms with van der Waals surface area (Å²) in [4.78, 5) is 18.2. The molecule has 3 aliphatic heterocycles. The SMILES string of the molecule is Cc1ccc(C2(C)Oc3cccc(C4CCN(Cc5ncc(/C=C/C(=O)O)n5C[C@H]5CCCO5)CC4)c3O2)c(F)c1. The third kappa shape index (κ3) is 5.74. The van der Waals surface area contributed by atoms with Crippen molar-refractivity contribution in [1.82, 2.24) is 14.5 Å². The van der Waals surface area contributed by atoms with Gasteiger partial charge in [-0.3, -0.25) is 4.90 Å². The second-order valence-electron chi connectivity index (χ2n) is 11.4. The number of likely N-dealkylation sites (tertiary alicyclic amines) is 1. The van der Waals surface area contributed by atoms with Crippen LogP contribution in [0, 0.1) is 12.7 Å². The monoisotopic (exact) mass is 561 g/mol. The average molecular weight is 562 g/mol. The predicted octanol–water partition coefficient (Wildman–Crippen LogP) is 5.63. The lowest BCUT2D eigenvalue weighted by atomic mass is 9.88. The van der Waals surface area contributed by atoms with Crippen LogP contribution in [-0.4, -0.2) is 51.3 Å². The summed E-state index contributed by atoms with van der Waals surface area (Å²) in [6, 6.07) is 11.1. The van der Waals surface area contributed by atoms with Crippen LogP contribution in [0.2, 0.25) is 0 Å². The third-order valence-corrected chi connectivity index (χ3v) is 8.39.